The number of halogens is 4. The summed E-state index contributed by atoms with van der Waals surface area (Å²) >= 11 is 0. The summed E-state index contributed by atoms with van der Waals surface area (Å²) in [7, 11) is 3.26. The molecule has 0 bridgehead atoms. The van der Waals surface area contributed by atoms with E-state index < -0.39 is 18.4 Å². The van der Waals surface area contributed by atoms with Gasteiger partial charge in [0.1, 0.15) is 23.6 Å². The lowest BCUT2D eigenvalue weighted by Gasteiger charge is -2.24. The van der Waals surface area contributed by atoms with E-state index in [-0.39, 0.29) is 24.4 Å². The zero-order chi connectivity index (χ0) is 35.7. The number of imidazole rings is 1. The molecule has 0 aliphatic carbocycles. The molecule has 1 aliphatic heterocycles. The van der Waals surface area contributed by atoms with Crippen LogP contribution in [0.2, 0.25) is 0 Å². The van der Waals surface area contributed by atoms with E-state index in [1.807, 2.05) is 48.5 Å². The number of alkyl halides is 3. The fraction of sp³-hybridized carbons (Fsp3) is 0.243. The average molecular weight is 699 g/mol. The molecule has 0 atom stereocenters. The standard InChI is InChI=1S/C37H34F4N8O2/c1-24-14-31(38)33(46-13-12-27(21-46)16-37(39,40)41)15-32(24)48-22-28(17-44-48)34-18-42-36-35(43-23-45-49(34)36)47(19-25-4-8-29(50-2)9-5-25)20-26-6-10-30(51-3)11-7-26/h4-12,14-15,17-18,22-23H,13,16,19-21H2,1-3H3. The van der Waals surface area contributed by atoms with Crippen molar-refractivity contribution in [2.45, 2.75) is 32.6 Å². The van der Waals surface area contributed by atoms with Crippen LogP contribution in [0.4, 0.5) is 29.1 Å². The van der Waals surface area contributed by atoms with Crippen molar-refractivity contribution in [1.29, 1.82) is 0 Å². The highest BCUT2D eigenvalue weighted by atomic mass is 19.4. The Hall–Kier alpha value is -5.92. The Bertz CT molecular complexity index is 2140. The van der Waals surface area contributed by atoms with Crippen LogP contribution >= 0.6 is 0 Å². The van der Waals surface area contributed by atoms with E-state index in [1.165, 1.54) is 18.5 Å². The third-order valence-electron chi connectivity index (χ3n) is 8.80. The number of hydrogen-bond donors (Lipinski definition) is 0. The molecule has 3 aromatic carbocycles. The molecule has 7 rings (SSSR count). The van der Waals surface area contributed by atoms with Gasteiger partial charge in [0.25, 0.3) is 0 Å². The first-order valence-corrected chi connectivity index (χ1v) is 16.1. The summed E-state index contributed by atoms with van der Waals surface area (Å²) in [4.78, 5) is 13.1. The molecule has 10 nitrogen and oxygen atoms in total. The van der Waals surface area contributed by atoms with Crippen LogP contribution < -0.4 is 19.3 Å². The van der Waals surface area contributed by atoms with Crippen LogP contribution in [0.25, 0.3) is 22.6 Å². The van der Waals surface area contributed by atoms with Gasteiger partial charge in [-0.3, -0.25) is 0 Å². The third-order valence-corrected chi connectivity index (χ3v) is 8.80. The number of rotatable bonds is 11. The van der Waals surface area contributed by atoms with Crippen LogP contribution in [-0.2, 0) is 13.1 Å². The van der Waals surface area contributed by atoms with Gasteiger partial charge in [0.15, 0.2) is 11.5 Å². The average Bonchev–Trinajstić information content (AvgIpc) is 3.88. The lowest BCUT2D eigenvalue weighted by atomic mass is 10.1. The molecule has 0 saturated carbocycles. The number of aromatic nitrogens is 6. The molecule has 0 spiro atoms. The number of anilines is 2. The number of ether oxygens (including phenoxy) is 2. The Morgan fingerprint density at radius 1 is 0.843 bits per heavy atom. The quantitative estimate of drug-likeness (QED) is 0.103. The van der Waals surface area contributed by atoms with Crippen molar-refractivity contribution in [3.05, 3.63) is 120 Å². The zero-order valence-corrected chi connectivity index (χ0v) is 28.1. The predicted octanol–water partition coefficient (Wildman–Crippen LogP) is 7.35. The number of methoxy groups -OCH3 is 2. The third kappa shape index (κ3) is 7.21. The molecule has 6 aromatic rings. The van der Waals surface area contributed by atoms with E-state index in [2.05, 4.69) is 20.1 Å². The Balaban J connectivity index is 1.19. The van der Waals surface area contributed by atoms with Gasteiger partial charge in [-0.15, -0.1) is 0 Å². The van der Waals surface area contributed by atoms with Crippen molar-refractivity contribution in [3.63, 3.8) is 0 Å². The highest BCUT2D eigenvalue weighted by Crippen LogP contribution is 2.33. The van der Waals surface area contributed by atoms with Crippen LogP contribution in [-0.4, -0.2) is 62.8 Å². The second-order valence-corrected chi connectivity index (χ2v) is 12.3. The van der Waals surface area contributed by atoms with Crippen molar-refractivity contribution in [1.82, 2.24) is 29.4 Å². The number of hydrogen-bond acceptors (Lipinski definition) is 8. The fourth-order valence-corrected chi connectivity index (χ4v) is 6.24. The molecule has 4 heterocycles. The molecule has 0 saturated heterocycles. The first-order chi connectivity index (χ1) is 24.6. The molecular formula is C37H34F4N8O2. The van der Waals surface area contributed by atoms with E-state index in [0.717, 1.165) is 22.6 Å². The lowest BCUT2D eigenvalue weighted by molar-refractivity contribution is -0.127. The molecule has 0 N–H and O–H groups in total. The summed E-state index contributed by atoms with van der Waals surface area (Å²) in [5, 5.41) is 9.10. The van der Waals surface area contributed by atoms with E-state index >= 15 is 4.39 Å². The lowest BCUT2D eigenvalue weighted by Crippen LogP contribution is -2.24. The molecule has 0 fully saturated rings. The SMILES string of the molecule is COc1ccc(CN(Cc2ccc(OC)cc2)c2ncnn3c(-c4cnn(-c5cc(N6CC=C(CC(F)(F)F)C6)c(F)cc5C)c4)cnc23)cc1. The Morgan fingerprint density at radius 2 is 1.51 bits per heavy atom. The van der Waals surface area contributed by atoms with Crippen molar-refractivity contribution < 1.29 is 27.0 Å². The zero-order valence-electron chi connectivity index (χ0n) is 28.1. The predicted molar refractivity (Wildman–Crippen MR) is 185 cm³/mol. The number of nitrogens with zero attached hydrogens (tertiary/aromatic N) is 8. The maximum absolute atomic E-state index is 15.2. The van der Waals surface area contributed by atoms with Gasteiger partial charge >= 0.3 is 6.18 Å². The summed E-state index contributed by atoms with van der Waals surface area (Å²) in [6.45, 7) is 3.00. The summed E-state index contributed by atoms with van der Waals surface area (Å²) < 4.78 is 68.1. The van der Waals surface area contributed by atoms with Gasteiger partial charge < -0.3 is 19.3 Å². The monoisotopic (exact) mass is 698 g/mol. The van der Waals surface area contributed by atoms with Crippen LogP contribution in [0, 0.1) is 12.7 Å². The molecule has 3 aromatic heterocycles. The minimum absolute atomic E-state index is 0.00108. The van der Waals surface area contributed by atoms with Crippen LogP contribution in [0.1, 0.15) is 23.1 Å². The maximum Gasteiger partial charge on any atom is 0.392 e. The number of aryl methyl sites for hydroxylation is 1. The minimum atomic E-state index is -4.32. The smallest absolute Gasteiger partial charge is 0.392 e. The van der Waals surface area contributed by atoms with E-state index in [9.17, 15) is 13.2 Å². The molecule has 262 valence electrons. The normalized spacial score (nSPS) is 13.2. The first kappa shape index (κ1) is 33.6. The largest absolute Gasteiger partial charge is 0.497 e. The van der Waals surface area contributed by atoms with Crippen molar-refractivity contribution >= 4 is 17.2 Å². The second-order valence-electron chi connectivity index (χ2n) is 12.3. The number of fused-ring (bicyclic) bond motifs is 1. The molecule has 0 amide bonds. The van der Waals surface area contributed by atoms with E-state index in [4.69, 9.17) is 14.5 Å². The minimum Gasteiger partial charge on any atom is -0.497 e. The number of benzene rings is 3. The van der Waals surface area contributed by atoms with Gasteiger partial charge in [-0.2, -0.15) is 23.4 Å². The van der Waals surface area contributed by atoms with Crippen molar-refractivity contribution in [2.24, 2.45) is 0 Å². The molecule has 51 heavy (non-hydrogen) atoms. The van der Waals surface area contributed by atoms with Gasteiger partial charge in [-0.1, -0.05) is 30.3 Å². The van der Waals surface area contributed by atoms with Crippen molar-refractivity contribution in [3.8, 4) is 28.4 Å². The summed E-state index contributed by atoms with van der Waals surface area (Å²) in [6, 6.07) is 18.7. The maximum atomic E-state index is 15.2. The van der Waals surface area contributed by atoms with Gasteiger partial charge in [0.05, 0.1) is 50.1 Å². The van der Waals surface area contributed by atoms with Gasteiger partial charge in [-0.05, 0) is 65.6 Å². The second kappa shape index (κ2) is 13.8. The molecule has 0 unspecified atom stereocenters. The van der Waals surface area contributed by atoms with Gasteiger partial charge in [0, 0.05) is 37.9 Å². The summed E-state index contributed by atoms with van der Waals surface area (Å²) in [5.41, 5.74) is 5.62. The molecule has 1 aliphatic rings. The van der Waals surface area contributed by atoms with E-state index in [1.54, 1.807) is 59.9 Å². The topological polar surface area (TPSA) is 85.8 Å². The van der Waals surface area contributed by atoms with Crippen LogP contribution in [0.5, 0.6) is 11.5 Å². The van der Waals surface area contributed by atoms with Gasteiger partial charge in [-0.25, -0.2) is 23.6 Å². The van der Waals surface area contributed by atoms with Crippen LogP contribution in [0.3, 0.4) is 0 Å². The molecule has 0 radical (unpaired) electrons. The molecule has 14 heteroatoms. The highest BCUT2D eigenvalue weighted by Gasteiger charge is 2.31. The molecular weight excluding hydrogens is 664 g/mol. The Morgan fingerprint density at radius 3 is 2.14 bits per heavy atom. The van der Waals surface area contributed by atoms with Crippen LogP contribution in [0.15, 0.2) is 97.2 Å². The van der Waals surface area contributed by atoms with E-state index in [0.29, 0.717) is 47.1 Å². The summed E-state index contributed by atoms with van der Waals surface area (Å²) in [5.74, 6) is 1.64. The Kier molecular flexibility index (Phi) is 9.06. The van der Waals surface area contributed by atoms with Crippen molar-refractivity contribution in [2.75, 3.05) is 37.1 Å². The highest BCUT2D eigenvalue weighted by molar-refractivity contribution is 5.70. The fourth-order valence-electron chi connectivity index (χ4n) is 6.24. The van der Waals surface area contributed by atoms with Gasteiger partial charge in [0.2, 0.25) is 0 Å². The summed E-state index contributed by atoms with van der Waals surface area (Å²) in [6.07, 6.45) is 2.82. The first-order valence-electron chi connectivity index (χ1n) is 16.1. The Labute approximate surface area is 291 Å².